The monoisotopic (exact) mass is 450 g/mol. The van der Waals surface area contributed by atoms with Gasteiger partial charge in [-0.3, -0.25) is 4.79 Å². The van der Waals surface area contributed by atoms with E-state index in [0.29, 0.717) is 22.6 Å². The number of ether oxygens (including phenoxy) is 1. The largest absolute Gasteiger partial charge is 0.495 e. The van der Waals surface area contributed by atoms with Crippen molar-refractivity contribution in [3.8, 4) is 5.75 Å². The van der Waals surface area contributed by atoms with E-state index in [9.17, 15) is 18.0 Å². The highest BCUT2D eigenvalue weighted by Crippen LogP contribution is 2.37. The molecule has 0 aliphatic carbocycles. The maximum atomic E-state index is 12.9. The van der Waals surface area contributed by atoms with Gasteiger partial charge in [0.2, 0.25) is 11.7 Å². The van der Waals surface area contributed by atoms with Gasteiger partial charge < -0.3 is 19.0 Å². The van der Waals surface area contributed by atoms with Gasteiger partial charge in [-0.05, 0) is 19.1 Å². The fourth-order valence-electron chi connectivity index (χ4n) is 3.13. The Kier molecular flexibility index (Phi) is 5.29. The van der Waals surface area contributed by atoms with Crippen molar-refractivity contribution in [2.24, 2.45) is 7.05 Å². The van der Waals surface area contributed by atoms with E-state index in [1.807, 2.05) is 24.3 Å². The quantitative estimate of drug-likeness (QED) is 0.437. The summed E-state index contributed by atoms with van der Waals surface area (Å²) in [7, 11) is 2.68. The third kappa shape index (κ3) is 3.92. The topological polar surface area (TPSA) is 82.2 Å². The number of nitrogens with one attached hydrogen (secondary N) is 1. The Labute approximate surface area is 178 Å². The van der Waals surface area contributed by atoms with Crippen molar-refractivity contribution in [3.05, 3.63) is 42.2 Å². The second-order valence-corrected chi connectivity index (χ2v) is 8.07. The van der Waals surface area contributed by atoms with Gasteiger partial charge in [-0.2, -0.15) is 13.2 Å². The van der Waals surface area contributed by atoms with Gasteiger partial charge in [0, 0.05) is 23.9 Å². The van der Waals surface area contributed by atoms with E-state index in [1.54, 1.807) is 19.1 Å². The Balaban J connectivity index is 1.57. The average Bonchev–Trinajstić information content (AvgIpc) is 3.27. The fourth-order valence-corrected chi connectivity index (χ4v) is 3.94. The third-order valence-electron chi connectivity index (χ3n) is 4.70. The first kappa shape index (κ1) is 21.0. The molecule has 1 amide bonds. The molecule has 0 saturated carbocycles. The number of amides is 1. The molecule has 7 nitrogen and oxygen atoms in total. The first-order valence-electron chi connectivity index (χ1n) is 9.12. The van der Waals surface area contributed by atoms with Crippen LogP contribution in [0.15, 0.2) is 46.0 Å². The lowest BCUT2D eigenvalue weighted by molar-refractivity contribution is -0.147. The van der Waals surface area contributed by atoms with Crippen LogP contribution in [0.1, 0.15) is 12.7 Å². The summed E-state index contributed by atoms with van der Waals surface area (Å²) in [5, 5.41) is 10.5. The summed E-state index contributed by atoms with van der Waals surface area (Å²) < 4.78 is 50.8. The lowest BCUT2D eigenvalue weighted by Gasteiger charge is -2.14. The molecular formula is C20H17F3N4O3S. The number of halogens is 3. The van der Waals surface area contributed by atoms with E-state index in [0.717, 1.165) is 27.1 Å². The van der Waals surface area contributed by atoms with Gasteiger partial charge in [0.25, 0.3) is 0 Å². The number of fused-ring (bicyclic) bond motifs is 3. The molecule has 4 aromatic rings. The maximum Gasteiger partial charge on any atom is 0.451 e. The number of hydrogen-bond acceptors (Lipinski definition) is 6. The molecule has 0 saturated heterocycles. The van der Waals surface area contributed by atoms with E-state index in [2.05, 4.69) is 15.5 Å². The van der Waals surface area contributed by atoms with Crippen molar-refractivity contribution in [2.75, 3.05) is 12.4 Å². The van der Waals surface area contributed by atoms with Crippen LogP contribution in [0.25, 0.3) is 21.9 Å². The highest BCUT2D eigenvalue weighted by Gasteiger charge is 2.38. The second-order valence-electron chi connectivity index (χ2n) is 6.76. The van der Waals surface area contributed by atoms with Crippen molar-refractivity contribution in [1.82, 2.24) is 14.8 Å². The number of furan rings is 1. The summed E-state index contributed by atoms with van der Waals surface area (Å²) in [6.07, 6.45) is -4.62. The number of carbonyl (C=O) groups is 1. The molecule has 0 spiro atoms. The summed E-state index contributed by atoms with van der Waals surface area (Å²) >= 11 is 0.868. The molecule has 2 heterocycles. The second kappa shape index (κ2) is 7.80. The molecule has 1 N–H and O–H groups in total. The van der Waals surface area contributed by atoms with Crippen LogP contribution >= 0.6 is 11.8 Å². The molecule has 0 radical (unpaired) electrons. The Morgan fingerprint density at radius 3 is 2.61 bits per heavy atom. The lowest BCUT2D eigenvalue weighted by Crippen LogP contribution is -2.23. The zero-order valence-electron chi connectivity index (χ0n) is 16.6. The molecule has 0 aliphatic rings. The molecule has 2 aromatic heterocycles. The summed E-state index contributed by atoms with van der Waals surface area (Å²) in [5.74, 6) is -1.13. The van der Waals surface area contributed by atoms with E-state index < -0.39 is 23.2 Å². The van der Waals surface area contributed by atoms with Gasteiger partial charge in [0.15, 0.2) is 5.16 Å². The zero-order chi connectivity index (χ0) is 22.3. The number of nitrogens with zero attached hydrogens (tertiary/aromatic N) is 3. The van der Waals surface area contributed by atoms with Crippen molar-refractivity contribution < 1.29 is 27.1 Å². The summed E-state index contributed by atoms with van der Waals surface area (Å²) in [4.78, 5) is 12.7. The molecule has 0 aliphatic heterocycles. The van der Waals surface area contributed by atoms with Gasteiger partial charge in [0.05, 0.1) is 18.0 Å². The average molecular weight is 450 g/mol. The summed E-state index contributed by atoms with van der Waals surface area (Å²) in [6.45, 7) is 1.56. The summed E-state index contributed by atoms with van der Waals surface area (Å²) in [5.41, 5.74) is 1.66. The lowest BCUT2D eigenvalue weighted by atomic mass is 10.1. The molecule has 31 heavy (non-hydrogen) atoms. The van der Waals surface area contributed by atoms with E-state index in [4.69, 9.17) is 9.15 Å². The number of benzene rings is 2. The normalized spacial score (nSPS) is 13.0. The molecule has 4 rings (SSSR count). The van der Waals surface area contributed by atoms with Gasteiger partial charge in [-0.25, -0.2) is 0 Å². The molecule has 1 atom stereocenters. The number of hydrogen-bond donors (Lipinski definition) is 1. The molecule has 0 bridgehead atoms. The maximum absolute atomic E-state index is 12.9. The number of carbonyl (C=O) groups excluding carboxylic acids is 1. The van der Waals surface area contributed by atoms with Gasteiger partial charge in [-0.15, -0.1) is 10.2 Å². The molecule has 2 aromatic carbocycles. The fraction of sp³-hybridized carbons (Fsp3) is 0.250. The Morgan fingerprint density at radius 2 is 1.94 bits per heavy atom. The predicted molar refractivity (Wildman–Crippen MR) is 110 cm³/mol. The smallest absolute Gasteiger partial charge is 0.451 e. The van der Waals surface area contributed by atoms with E-state index in [-0.39, 0.29) is 5.16 Å². The van der Waals surface area contributed by atoms with Crippen molar-refractivity contribution >= 4 is 45.3 Å². The minimum absolute atomic E-state index is 0.0188. The molecule has 0 fully saturated rings. The van der Waals surface area contributed by atoms with Crippen LogP contribution < -0.4 is 10.1 Å². The minimum Gasteiger partial charge on any atom is -0.495 e. The SMILES string of the molecule is COc1cc2c(cc1NC(=O)C(C)Sc1nnc(C(F)(F)F)n1C)oc1ccccc12. The molecule has 162 valence electrons. The molecular weight excluding hydrogens is 433 g/mol. The van der Waals surface area contributed by atoms with Gasteiger partial charge in [0.1, 0.15) is 16.9 Å². The van der Waals surface area contributed by atoms with Crippen LogP contribution in [0.3, 0.4) is 0 Å². The van der Waals surface area contributed by atoms with Gasteiger partial charge >= 0.3 is 6.18 Å². The van der Waals surface area contributed by atoms with Crippen molar-refractivity contribution in [3.63, 3.8) is 0 Å². The first-order chi connectivity index (χ1) is 14.7. The van der Waals surface area contributed by atoms with Crippen LogP contribution in [0.5, 0.6) is 5.75 Å². The number of methoxy groups -OCH3 is 1. The van der Waals surface area contributed by atoms with Crippen LogP contribution in [0.4, 0.5) is 18.9 Å². The number of alkyl halides is 3. The van der Waals surface area contributed by atoms with Crippen LogP contribution in [0.2, 0.25) is 0 Å². The first-order valence-corrected chi connectivity index (χ1v) is 10.0. The minimum atomic E-state index is -4.62. The number of anilines is 1. The Bertz CT molecular complexity index is 1280. The summed E-state index contributed by atoms with van der Waals surface area (Å²) in [6, 6.07) is 11.0. The van der Waals surface area contributed by atoms with E-state index in [1.165, 1.54) is 14.2 Å². The standard InChI is InChI=1S/C20H17F3N4O3S/c1-10(31-19-26-25-18(27(19)2)20(21,22)23)17(28)24-13-9-15-12(8-16(13)29-3)11-6-4-5-7-14(11)30-15/h4-10H,1-3H3,(H,24,28). The predicted octanol–water partition coefficient (Wildman–Crippen LogP) is 4.86. The number of aromatic nitrogens is 3. The molecule has 11 heteroatoms. The molecule has 1 unspecified atom stereocenters. The van der Waals surface area contributed by atoms with Crippen molar-refractivity contribution in [1.29, 1.82) is 0 Å². The Hall–Kier alpha value is -3.21. The van der Waals surface area contributed by atoms with Crippen LogP contribution in [0, 0.1) is 0 Å². The third-order valence-corrected chi connectivity index (χ3v) is 5.83. The van der Waals surface area contributed by atoms with E-state index >= 15 is 0 Å². The number of rotatable bonds is 5. The van der Waals surface area contributed by atoms with Gasteiger partial charge in [-0.1, -0.05) is 30.0 Å². The Morgan fingerprint density at radius 1 is 1.19 bits per heavy atom. The van der Waals surface area contributed by atoms with Crippen LogP contribution in [-0.4, -0.2) is 33.0 Å². The highest BCUT2D eigenvalue weighted by atomic mass is 32.2. The van der Waals surface area contributed by atoms with Crippen LogP contribution in [-0.2, 0) is 18.0 Å². The zero-order valence-corrected chi connectivity index (χ0v) is 17.5. The highest BCUT2D eigenvalue weighted by molar-refractivity contribution is 8.00. The number of thioether (sulfide) groups is 1. The number of para-hydroxylation sites is 1. The van der Waals surface area contributed by atoms with Crippen molar-refractivity contribution in [2.45, 2.75) is 23.5 Å².